The Kier molecular flexibility index (Phi) is 3.18. The van der Waals surface area contributed by atoms with Gasteiger partial charge in [0.05, 0.1) is 12.3 Å². The molecule has 2 rings (SSSR count). The predicted octanol–water partition coefficient (Wildman–Crippen LogP) is 3.66. The standard InChI is InChI=1S/C14H16FN/c1-3-4-11-8-14(16-9-11)12-5-6-13(15)10(2)7-12/h5-8H,3-4,9H2,1-2H3. The third-order valence-electron chi connectivity index (χ3n) is 2.82. The van der Waals surface area contributed by atoms with E-state index in [1.807, 2.05) is 6.07 Å². The summed E-state index contributed by atoms with van der Waals surface area (Å²) < 4.78 is 13.1. The third-order valence-corrected chi connectivity index (χ3v) is 2.82. The van der Waals surface area contributed by atoms with Gasteiger partial charge in [-0.3, -0.25) is 4.99 Å². The molecule has 1 aromatic carbocycles. The molecular formula is C14H16FN. The van der Waals surface area contributed by atoms with Crippen LogP contribution in [0.15, 0.2) is 34.8 Å². The van der Waals surface area contributed by atoms with Crippen molar-refractivity contribution >= 4 is 5.71 Å². The quantitative estimate of drug-likeness (QED) is 0.732. The normalized spacial score (nSPS) is 14.9. The fraction of sp³-hybridized carbons (Fsp3) is 0.357. The van der Waals surface area contributed by atoms with Crippen molar-refractivity contribution in [3.8, 4) is 0 Å². The van der Waals surface area contributed by atoms with Crippen LogP contribution in [0.4, 0.5) is 4.39 Å². The number of hydrogen-bond acceptors (Lipinski definition) is 1. The van der Waals surface area contributed by atoms with Crippen molar-refractivity contribution in [2.45, 2.75) is 26.7 Å². The van der Waals surface area contributed by atoms with Crippen molar-refractivity contribution in [1.82, 2.24) is 0 Å². The average molecular weight is 217 g/mol. The molecule has 0 aliphatic carbocycles. The maximum Gasteiger partial charge on any atom is 0.126 e. The molecule has 1 heterocycles. The molecule has 0 saturated heterocycles. The van der Waals surface area contributed by atoms with Crippen LogP contribution < -0.4 is 0 Å². The zero-order valence-electron chi connectivity index (χ0n) is 9.76. The monoisotopic (exact) mass is 217 g/mol. The van der Waals surface area contributed by atoms with E-state index in [1.165, 1.54) is 11.6 Å². The van der Waals surface area contributed by atoms with E-state index >= 15 is 0 Å². The van der Waals surface area contributed by atoms with Gasteiger partial charge < -0.3 is 0 Å². The Morgan fingerprint density at radius 3 is 2.88 bits per heavy atom. The van der Waals surface area contributed by atoms with Crippen LogP contribution in [0.25, 0.3) is 0 Å². The second-order valence-electron chi connectivity index (χ2n) is 4.22. The highest BCUT2D eigenvalue weighted by Crippen LogP contribution is 2.18. The van der Waals surface area contributed by atoms with Gasteiger partial charge in [-0.15, -0.1) is 0 Å². The maximum atomic E-state index is 13.1. The first kappa shape index (κ1) is 11.1. The van der Waals surface area contributed by atoms with Crippen molar-refractivity contribution in [2.75, 3.05) is 6.54 Å². The summed E-state index contributed by atoms with van der Waals surface area (Å²) in [4.78, 5) is 4.48. The number of allylic oxidation sites excluding steroid dienone is 1. The second-order valence-corrected chi connectivity index (χ2v) is 4.22. The Morgan fingerprint density at radius 2 is 2.19 bits per heavy atom. The van der Waals surface area contributed by atoms with Gasteiger partial charge in [0.2, 0.25) is 0 Å². The van der Waals surface area contributed by atoms with Crippen molar-refractivity contribution in [3.63, 3.8) is 0 Å². The van der Waals surface area contributed by atoms with Crippen LogP contribution in [0.1, 0.15) is 30.9 Å². The van der Waals surface area contributed by atoms with Crippen LogP contribution in [0, 0.1) is 12.7 Å². The van der Waals surface area contributed by atoms with E-state index in [4.69, 9.17) is 0 Å². The number of nitrogens with zero attached hydrogens (tertiary/aromatic N) is 1. The van der Waals surface area contributed by atoms with Gasteiger partial charge in [0.25, 0.3) is 0 Å². The number of aryl methyl sites for hydroxylation is 1. The SMILES string of the molecule is CCCC1=CC(c2ccc(F)c(C)c2)=NC1. The Bertz CT molecular complexity index is 458. The lowest BCUT2D eigenvalue weighted by atomic mass is 10.0. The van der Waals surface area contributed by atoms with Crippen LogP contribution in [0.2, 0.25) is 0 Å². The minimum absolute atomic E-state index is 0.153. The van der Waals surface area contributed by atoms with Gasteiger partial charge in [-0.25, -0.2) is 4.39 Å². The summed E-state index contributed by atoms with van der Waals surface area (Å²) in [6.07, 6.45) is 4.39. The first-order chi connectivity index (χ1) is 7.70. The molecule has 0 fully saturated rings. The van der Waals surface area contributed by atoms with Gasteiger partial charge in [0.1, 0.15) is 5.82 Å². The molecule has 2 heteroatoms. The van der Waals surface area contributed by atoms with Gasteiger partial charge >= 0.3 is 0 Å². The molecule has 84 valence electrons. The summed E-state index contributed by atoms with van der Waals surface area (Å²) >= 11 is 0. The molecule has 0 spiro atoms. The summed E-state index contributed by atoms with van der Waals surface area (Å²) in [5.74, 6) is -0.153. The van der Waals surface area contributed by atoms with Gasteiger partial charge in [-0.1, -0.05) is 13.3 Å². The molecule has 0 aromatic heterocycles. The predicted molar refractivity (Wildman–Crippen MR) is 65.5 cm³/mol. The highest BCUT2D eigenvalue weighted by Gasteiger charge is 2.10. The molecule has 1 aliphatic rings. The number of hydrogen-bond donors (Lipinski definition) is 0. The van der Waals surface area contributed by atoms with Crippen LogP contribution >= 0.6 is 0 Å². The van der Waals surface area contributed by atoms with E-state index in [0.29, 0.717) is 5.56 Å². The smallest absolute Gasteiger partial charge is 0.126 e. The van der Waals surface area contributed by atoms with E-state index in [-0.39, 0.29) is 5.82 Å². The third kappa shape index (κ3) is 2.21. The highest BCUT2D eigenvalue weighted by molar-refractivity contribution is 6.10. The van der Waals surface area contributed by atoms with E-state index in [2.05, 4.69) is 18.0 Å². The molecule has 0 amide bonds. The molecule has 0 atom stereocenters. The molecule has 0 N–H and O–H groups in total. The summed E-state index contributed by atoms with van der Waals surface area (Å²) in [5.41, 5.74) is 4.06. The summed E-state index contributed by atoms with van der Waals surface area (Å²) in [5, 5.41) is 0. The molecule has 0 bridgehead atoms. The number of benzene rings is 1. The van der Waals surface area contributed by atoms with E-state index in [1.54, 1.807) is 13.0 Å². The molecule has 0 saturated carbocycles. The fourth-order valence-electron chi connectivity index (χ4n) is 1.92. The minimum atomic E-state index is -0.153. The van der Waals surface area contributed by atoms with Gasteiger partial charge in [-0.2, -0.15) is 0 Å². The lowest BCUT2D eigenvalue weighted by molar-refractivity contribution is 0.618. The average Bonchev–Trinajstić information content (AvgIpc) is 2.71. The summed E-state index contributed by atoms with van der Waals surface area (Å²) in [7, 11) is 0. The fourth-order valence-corrected chi connectivity index (χ4v) is 1.92. The number of rotatable bonds is 3. The van der Waals surface area contributed by atoms with Crippen LogP contribution in [-0.2, 0) is 0 Å². The topological polar surface area (TPSA) is 12.4 Å². The van der Waals surface area contributed by atoms with Gasteiger partial charge in [-0.05, 0) is 48.8 Å². The van der Waals surface area contributed by atoms with E-state index in [9.17, 15) is 4.39 Å². The minimum Gasteiger partial charge on any atom is -0.280 e. The van der Waals surface area contributed by atoms with Gasteiger partial charge in [0, 0.05) is 5.56 Å². The number of aliphatic imine (C=N–C) groups is 1. The Hall–Kier alpha value is -1.44. The van der Waals surface area contributed by atoms with Crippen molar-refractivity contribution in [2.24, 2.45) is 4.99 Å². The summed E-state index contributed by atoms with van der Waals surface area (Å²) in [6.45, 7) is 4.76. The Labute approximate surface area is 95.7 Å². The van der Waals surface area contributed by atoms with E-state index in [0.717, 1.165) is 30.7 Å². The molecule has 1 aliphatic heterocycles. The van der Waals surface area contributed by atoms with Gasteiger partial charge in [0.15, 0.2) is 0 Å². The molecule has 16 heavy (non-hydrogen) atoms. The molecule has 1 aromatic rings. The van der Waals surface area contributed by atoms with Crippen molar-refractivity contribution < 1.29 is 4.39 Å². The lowest BCUT2D eigenvalue weighted by Gasteiger charge is -2.01. The largest absolute Gasteiger partial charge is 0.280 e. The van der Waals surface area contributed by atoms with Crippen molar-refractivity contribution in [1.29, 1.82) is 0 Å². The zero-order valence-corrected chi connectivity index (χ0v) is 9.76. The zero-order chi connectivity index (χ0) is 11.5. The maximum absolute atomic E-state index is 13.1. The molecule has 0 unspecified atom stereocenters. The van der Waals surface area contributed by atoms with Crippen LogP contribution in [0.5, 0.6) is 0 Å². The number of halogens is 1. The van der Waals surface area contributed by atoms with Crippen LogP contribution in [-0.4, -0.2) is 12.3 Å². The van der Waals surface area contributed by atoms with E-state index < -0.39 is 0 Å². The highest BCUT2D eigenvalue weighted by atomic mass is 19.1. The Morgan fingerprint density at radius 1 is 1.38 bits per heavy atom. The molecule has 0 radical (unpaired) electrons. The first-order valence-corrected chi connectivity index (χ1v) is 5.71. The summed E-state index contributed by atoms with van der Waals surface area (Å²) in [6, 6.07) is 5.17. The second kappa shape index (κ2) is 4.60. The first-order valence-electron chi connectivity index (χ1n) is 5.71. The Balaban J connectivity index is 2.23. The molecular weight excluding hydrogens is 201 g/mol. The van der Waals surface area contributed by atoms with Crippen LogP contribution in [0.3, 0.4) is 0 Å². The van der Waals surface area contributed by atoms with Crippen molar-refractivity contribution in [3.05, 3.63) is 46.8 Å². The molecule has 1 nitrogen and oxygen atoms in total. The lowest BCUT2D eigenvalue weighted by Crippen LogP contribution is -1.96.